The van der Waals surface area contributed by atoms with Crippen molar-refractivity contribution in [3.63, 3.8) is 0 Å². The van der Waals surface area contributed by atoms with Crippen molar-refractivity contribution < 1.29 is 14.6 Å². The summed E-state index contributed by atoms with van der Waals surface area (Å²) in [6.45, 7) is 7.14. The molecule has 0 bridgehead atoms. The number of esters is 1. The molecule has 0 aliphatic heterocycles. The van der Waals surface area contributed by atoms with Gasteiger partial charge in [-0.25, -0.2) is 0 Å². The Hall–Kier alpha value is -0.510. The van der Waals surface area contributed by atoms with Crippen LogP contribution < -0.4 is 0 Å². The second-order valence-electron chi connectivity index (χ2n) is 6.42. The number of carbonyl (C=O) groups is 1. The van der Waals surface area contributed by atoms with E-state index in [-0.39, 0.29) is 28.2 Å². The van der Waals surface area contributed by atoms with Gasteiger partial charge in [-0.05, 0) is 49.7 Å². The van der Waals surface area contributed by atoms with Gasteiger partial charge in [0.1, 0.15) is 10.6 Å². The van der Waals surface area contributed by atoms with Crippen LogP contribution >= 0.6 is 23.2 Å². The van der Waals surface area contributed by atoms with E-state index in [2.05, 4.69) is 6.42 Å². The molecular formula is C17H22Cl2O3. The third-order valence-corrected chi connectivity index (χ3v) is 5.56. The maximum absolute atomic E-state index is 11.3. The van der Waals surface area contributed by atoms with Crippen LogP contribution in [0.3, 0.4) is 0 Å². The first-order valence-electron chi connectivity index (χ1n) is 7.54. The minimum Gasteiger partial charge on any atom is -0.457 e. The molecule has 2 radical (unpaired) electrons. The van der Waals surface area contributed by atoms with Crippen LogP contribution in [0, 0.1) is 24.2 Å². The van der Waals surface area contributed by atoms with Gasteiger partial charge in [-0.15, -0.1) is 0 Å². The Balaban J connectivity index is 2.41. The van der Waals surface area contributed by atoms with Gasteiger partial charge in [-0.1, -0.05) is 36.2 Å². The summed E-state index contributed by atoms with van der Waals surface area (Å²) in [4.78, 5) is 11.3. The van der Waals surface area contributed by atoms with Gasteiger partial charge in [0.05, 0.1) is 12.0 Å². The van der Waals surface area contributed by atoms with Crippen LogP contribution in [-0.4, -0.2) is 22.8 Å². The van der Waals surface area contributed by atoms with Crippen LogP contribution in [0.5, 0.6) is 0 Å². The number of hydrogen-bond acceptors (Lipinski definition) is 3. The Labute approximate surface area is 142 Å². The van der Waals surface area contributed by atoms with Gasteiger partial charge < -0.3 is 9.84 Å². The third-order valence-electron chi connectivity index (χ3n) is 4.96. The Morgan fingerprint density at radius 2 is 2.05 bits per heavy atom. The van der Waals surface area contributed by atoms with Crippen LogP contribution in [0.1, 0.15) is 40.5 Å². The minimum atomic E-state index is -1.15. The number of aliphatic hydroxyl groups is 1. The summed E-state index contributed by atoms with van der Waals surface area (Å²) < 4.78 is 5.53. The standard InChI is InChI=1S/C17H22Cl2O3/c1-9-7-14-13(11(3)16(18)19)6-5-10(2)17(14,21)8-15(9)22-12(4)20/h7,10,13-15,21H,5-6H2,1-4H3/t10-,13+,14+,15-,17-/m1/s1. The van der Waals surface area contributed by atoms with Gasteiger partial charge >= 0.3 is 5.97 Å². The third kappa shape index (κ3) is 3.22. The fraction of sp³-hybridized carbons (Fsp3) is 0.647. The van der Waals surface area contributed by atoms with Crippen LogP contribution in [0.4, 0.5) is 0 Å². The van der Waals surface area contributed by atoms with Gasteiger partial charge in [0, 0.05) is 12.8 Å². The van der Waals surface area contributed by atoms with Crippen LogP contribution in [0.25, 0.3) is 0 Å². The first-order chi connectivity index (χ1) is 10.2. The molecule has 0 unspecified atom stereocenters. The molecule has 0 aromatic carbocycles. The van der Waals surface area contributed by atoms with Crippen molar-refractivity contribution in [1.29, 1.82) is 0 Å². The highest BCUT2D eigenvalue weighted by Gasteiger charge is 2.52. The predicted octanol–water partition coefficient (Wildman–Crippen LogP) is 4.06. The molecule has 0 amide bonds. The molecule has 0 spiro atoms. The van der Waals surface area contributed by atoms with Crippen LogP contribution in [0.15, 0.2) is 21.7 Å². The number of ether oxygens (including phenoxy) is 1. The van der Waals surface area contributed by atoms with Crippen LogP contribution in [0.2, 0.25) is 0 Å². The number of halogens is 2. The zero-order valence-corrected chi connectivity index (χ0v) is 14.8. The van der Waals surface area contributed by atoms with E-state index < -0.39 is 11.7 Å². The summed E-state index contributed by atoms with van der Waals surface area (Å²) in [7, 11) is 0. The smallest absolute Gasteiger partial charge is 0.303 e. The highest BCUT2D eigenvalue weighted by atomic mass is 35.5. The molecule has 122 valence electrons. The number of hydrogen-bond donors (Lipinski definition) is 1. The summed E-state index contributed by atoms with van der Waals surface area (Å²) in [6.07, 6.45) is 6.26. The molecule has 0 saturated heterocycles. The predicted molar refractivity (Wildman–Crippen MR) is 87.3 cm³/mol. The quantitative estimate of drug-likeness (QED) is 0.606. The highest BCUT2D eigenvalue weighted by molar-refractivity contribution is 6.56. The summed E-state index contributed by atoms with van der Waals surface area (Å²) in [6, 6.07) is 0. The maximum Gasteiger partial charge on any atom is 0.303 e. The Bertz CT molecular complexity index is 522. The van der Waals surface area contributed by atoms with Crippen molar-refractivity contribution in [3.05, 3.63) is 28.1 Å². The molecule has 3 nitrogen and oxygen atoms in total. The number of rotatable bonds is 2. The van der Waals surface area contributed by atoms with E-state index in [9.17, 15) is 9.90 Å². The fourth-order valence-corrected chi connectivity index (χ4v) is 3.84. The zero-order chi connectivity index (χ0) is 16.7. The lowest BCUT2D eigenvalue weighted by atomic mass is 9.58. The SMILES string of the molecule is CC(=O)O[C@@H]1[C][C@@]2(O)[C@H](C)CC[C@@H](C(C)=C(Cl)Cl)[C@@H]2C=C1C. The summed E-state index contributed by atoms with van der Waals surface area (Å²) in [5, 5.41) is 11.2. The lowest BCUT2D eigenvalue weighted by Crippen LogP contribution is -2.55. The number of carbonyl (C=O) groups excluding carboxylic acids is 1. The van der Waals surface area contributed by atoms with Crippen molar-refractivity contribution in [2.45, 2.75) is 52.2 Å². The van der Waals surface area contributed by atoms with E-state index in [1.165, 1.54) is 6.92 Å². The highest BCUT2D eigenvalue weighted by Crippen LogP contribution is 2.51. The average Bonchev–Trinajstić information content (AvgIpc) is 2.41. The Kier molecular flexibility index (Phi) is 5.31. The van der Waals surface area contributed by atoms with Crippen molar-refractivity contribution in [3.8, 4) is 0 Å². The molecule has 1 fully saturated rings. The average molecular weight is 345 g/mol. The van der Waals surface area contributed by atoms with E-state index >= 15 is 0 Å². The van der Waals surface area contributed by atoms with Crippen molar-refractivity contribution in [2.24, 2.45) is 17.8 Å². The first-order valence-corrected chi connectivity index (χ1v) is 8.29. The normalized spacial score (nSPS) is 37.9. The molecule has 5 heteroatoms. The molecule has 1 N–H and O–H groups in total. The van der Waals surface area contributed by atoms with Crippen molar-refractivity contribution >= 4 is 29.2 Å². The maximum atomic E-state index is 11.3. The lowest BCUT2D eigenvalue weighted by molar-refractivity contribution is -0.147. The molecular weight excluding hydrogens is 323 g/mol. The van der Waals surface area contributed by atoms with Gasteiger partial charge in [0.25, 0.3) is 0 Å². The second kappa shape index (κ2) is 6.54. The summed E-state index contributed by atoms with van der Waals surface area (Å²) in [5.41, 5.74) is 0.616. The molecule has 0 heterocycles. The largest absolute Gasteiger partial charge is 0.457 e. The second-order valence-corrected chi connectivity index (χ2v) is 7.37. The van der Waals surface area contributed by atoms with E-state index in [1.54, 1.807) is 0 Å². The van der Waals surface area contributed by atoms with Crippen molar-refractivity contribution in [2.75, 3.05) is 0 Å². The number of fused-ring (bicyclic) bond motifs is 1. The first kappa shape index (κ1) is 17.8. The molecule has 5 atom stereocenters. The van der Waals surface area contributed by atoms with Gasteiger partial charge in [0.2, 0.25) is 0 Å². The van der Waals surface area contributed by atoms with Gasteiger partial charge in [-0.3, -0.25) is 4.79 Å². The zero-order valence-electron chi connectivity index (χ0n) is 13.3. The van der Waals surface area contributed by atoms with Crippen molar-refractivity contribution in [1.82, 2.24) is 0 Å². The van der Waals surface area contributed by atoms with Gasteiger partial charge in [-0.2, -0.15) is 0 Å². The Morgan fingerprint density at radius 3 is 2.59 bits per heavy atom. The summed E-state index contributed by atoms with van der Waals surface area (Å²) in [5.74, 6) is -0.451. The topological polar surface area (TPSA) is 46.5 Å². The van der Waals surface area contributed by atoms with E-state index in [1.807, 2.05) is 26.8 Å². The van der Waals surface area contributed by atoms with E-state index in [0.717, 1.165) is 24.0 Å². The van der Waals surface area contributed by atoms with E-state index in [0.29, 0.717) is 0 Å². The molecule has 2 aliphatic carbocycles. The molecule has 1 saturated carbocycles. The molecule has 0 aromatic heterocycles. The van der Waals surface area contributed by atoms with Crippen LogP contribution in [-0.2, 0) is 9.53 Å². The molecule has 0 aromatic rings. The monoisotopic (exact) mass is 344 g/mol. The Morgan fingerprint density at radius 1 is 1.41 bits per heavy atom. The fourth-order valence-electron chi connectivity index (χ4n) is 3.55. The lowest BCUT2D eigenvalue weighted by Gasteiger charge is -2.51. The molecule has 2 rings (SSSR count). The molecule has 22 heavy (non-hydrogen) atoms. The minimum absolute atomic E-state index is 0.0260. The van der Waals surface area contributed by atoms with Gasteiger partial charge in [0.15, 0.2) is 0 Å². The van der Waals surface area contributed by atoms with E-state index in [4.69, 9.17) is 27.9 Å². The number of allylic oxidation sites excluding steroid dienone is 1. The summed E-state index contributed by atoms with van der Waals surface area (Å²) >= 11 is 11.9. The molecule has 2 aliphatic rings.